The molecule has 0 saturated carbocycles. The standard InChI is InChI=1S/C29H38N/c1-20(2)14-24-16-28(30(8)19-25(24)18-29(5,6)7)27-17-26(21(3)15-22(27)4)23-12-10-9-11-13-23/h9-13,15-17,19-20H,14,18H2,1-8H3/q+1/i3D3,14D2,18D2. The molecule has 0 fully saturated rings. The van der Waals surface area contributed by atoms with Gasteiger partial charge in [-0.3, -0.25) is 0 Å². The van der Waals surface area contributed by atoms with Crippen LogP contribution >= 0.6 is 0 Å². The first-order valence-corrected chi connectivity index (χ1v) is 10.6. The Hall–Kier alpha value is -2.41. The number of nitrogens with zero attached hydrogens (tertiary/aromatic N) is 1. The smallest absolute Gasteiger partial charge is 0.201 e. The highest BCUT2D eigenvalue weighted by molar-refractivity contribution is 5.75. The van der Waals surface area contributed by atoms with Gasteiger partial charge in [0.05, 0.1) is 0 Å². The second-order valence-electron chi connectivity index (χ2n) is 9.35. The summed E-state index contributed by atoms with van der Waals surface area (Å²) in [7, 11) is 1.82. The van der Waals surface area contributed by atoms with Crippen molar-refractivity contribution in [1.29, 1.82) is 0 Å². The van der Waals surface area contributed by atoms with Gasteiger partial charge in [0.1, 0.15) is 7.05 Å². The fraction of sp³-hybridized carbons (Fsp3) is 0.414. The zero-order chi connectivity index (χ0) is 28.1. The summed E-state index contributed by atoms with van der Waals surface area (Å²) in [6.45, 7) is 8.61. The molecule has 1 heteroatoms. The van der Waals surface area contributed by atoms with Gasteiger partial charge in [-0.2, -0.15) is 0 Å². The van der Waals surface area contributed by atoms with Crippen LogP contribution < -0.4 is 4.57 Å². The zero-order valence-corrected chi connectivity index (χ0v) is 19.2. The normalized spacial score (nSPS) is 16.7. The molecule has 0 aliphatic rings. The van der Waals surface area contributed by atoms with Gasteiger partial charge in [-0.05, 0) is 71.7 Å². The first-order valence-electron chi connectivity index (χ1n) is 14.1. The summed E-state index contributed by atoms with van der Waals surface area (Å²) in [6, 6.07) is 14.7. The molecule has 0 amide bonds. The Labute approximate surface area is 193 Å². The maximum Gasteiger partial charge on any atom is 0.212 e. The molecule has 1 nitrogen and oxygen atoms in total. The summed E-state index contributed by atoms with van der Waals surface area (Å²) < 4.78 is 62.0. The molecule has 3 aromatic rings. The molecule has 0 bridgehead atoms. The van der Waals surface area contributed by atoms with E-state index >= 15 is 0 Å². The Bertz CT molecular complexity index is 1280. The van der Waals surface area contributed by atoms with Crippen LogP contribution in [0.1, 0.15) is 66.5 Å². The predicted molar refractivity (Wildman–Crippen MR) is 130 cm³/mol. The molecule has 1 aromatic heterocycles. The average Bonchev–Trinajstić information content (AvgIpc) is 2.78. The van der Waals surface area contributed by atoms with E-state index in [2.05, 4.69) is 0 Å². The van der Waals surface area contributed by atoms with Crippen LogP contribution in [-0.2, 0) is 19.8 Å². The van der Waals surface area contributed by atoms with Crippen molar-refractivity contribution in [2.24, 2.45) is 18.4 Å². The second kappa shape index (κ2) is 8.76. The first kappa shape index (κ1) is 14.6. The topological polar surface area (TPSA) is 3.88 Å². The van der Waals surface area contributed by atoms with Crippen LogP contribution in [0, 0.1) is 25.1 Å². The van der Waals surface area contributed by atoms with Crippen LogP contribution in [0.5, 0.6) is 0 Å². The molecule has 0 aliphatic heterocycles. The lowest BCUT2D eigenvalue weighted by Crippen LogP contribution is -2.33. The molecule has 0 radical (unpaired) electrons. The van der Waals surface area contributed by atoms with Gasteiger partial charge in [0.25, 0.3) is 0 Å². The van der Waals surface area contributed by atoms with Crippen molar-refractivity contribution >= 4 is 0 Å². The second-order valence-corrected chi connectivity index (χ2v) is 9.35. The number of aromatic nitrogens is 1. The summed E-state index contributed by atoms with van der Waals surface area (Å²) >= 11 is 0. The molecule has 0 aliphatic carbocycles. The fourth-order valence-electron chi connectivity index (χ4n) is 3.69. The van der Waals surface area contributed by atoms with E-state index in [-0.39, 0.29) is 11.5 Å². The van der Waals surface area contributed by atoms with Crippen LogP contribution in [0.25, 0.3) is 22.4 Å². The van der Waals surface area contributed by atoms with Crippen molar-refractivity contribution in [2.45, 2.75) is 61.1 Å². The Kier molecular flexibility index (Phi) is 4.25. The lowest BCUT2D eigenvalue weighted by Gasteiger charge is -2.21. The van der Waals surface area contributed by atoms with Gasteiger partial charge < -0.3 is 0 Å². The molecule has 0 spiro atoms. The van der Waals surface area contributed by atoms with Gasteiger partial charge in [-0.15, -0.1) is 0 Å². The number of hydrogen-bond acceptors (Lipinski definition) is 0. The van der Waals surface area contributed by atoms with Crippen LogP contribution in [0.15, 0.2) is 54.7 Å². The quantitative estimate of drug-likeness (QED) is 0.392. The van der Waals surface area contributed by atoms with Gasteiger partial charge in [0.15, 0.2) is 6.20 Å². The summed E-state index contributed by atoms with van der Waals surface area (Å²) in [4.78, 5) is 0. The van der Waals surface area contributed by atoms with E-state index in [9.17, 15) is 0 Å². The molecule has 0 unspecified atom stereocenters. The highest BCUT2D eigenvalue weighted by Gasteiger charge is 2.22. The Morgan fingerprint density at radius 1 is 0.967 bits per heavy atom. The monoisotopic (exact) mass is 407 g/mol. The average molecular weight is 408 g/mol. The summed E-state index contributed by atoms with van der Waals surface area (Å²) in [5, 5.41) is 0. The number of hydrogen-bond donors (Lipinski definition) is 0. The maximum absolute atomic E-state index is 8.96. The zero-order valence-electron chi connectivity index (χ0n) is 26.2. The SMILES string of the molecule is [2H]C([2H])([2H])c1cc(C)c(-c2cc(C([2H])([2H])C(C)C)c(C([2H])([2H])C(C)(C)C)c[n+]2C)cc1-c1ccccc1. The fourth-order valence-corrected chi connectivity index (χ4v) is 3.69. The predicted octanol–water partition coefficient (Wildman–Crippen LogP) is 7.25. The maximum atomic E-state index is 8.96. The Balaban J connectivity index is 2.42. The van der Waals surface area contributed by atoms with Crippen LogP contribution in [0.3, 0.4) is 0 Å². The van der Waals surface area contributed by atoms with E-state index in [0.717, 1.165) is 16.7 Å². The minimum absolute atomic E-state index is 0.265. The number of aryl methyl sites for hydroxylation is 3. The van der Waals surface area contributed by atoms with Gasteiger partial charge in [-0.25, -0.2) is 4.57 Å². The lowest BCUT2D eigenvalue weighted by atomic mass is 9.84. The summed E-state index contributed by atoms with van der Waals surface area (Å²) in [5.41, 5.74) is 3.75. The largest absolute Gasteiger partial charge is 0.212 e. The van der Waals surface area contributed by atoms with Gasteiger partial charge in [-0.1, -0.05) is 71.0 Å². The van der Waals surface area contributed by atoms with Crippen molar-refractivity contribution in [3.63, 3.8) is 0 Å². The molecule has 0 atom stereocenters. The van der Waals surface area contributed by atoms with E-state index in [1.54, 1.807) is 32.2 Å². The van der Waals surface area contributed by atoms with E-state index in [1.165, 1.54) is 0 Å². The number of rotatable bonds is 5. The minimum atomic E-state index is -2.30. The third-order valence-electron chi connectivity index (χ3n) is 4.95. The van der Waals surface area contributed by atoms with Crippen molar-refractivity contribution in [1.82, 2.24) is 0 Å². The van der Waals surface area contributed by atoms with Gasteiger partial charge >= 0.3 is 0 Å². The minimum Gasteiger partial charge on any atom is -0.201 e. The molecule has 3 rings (SSSR count). The molecule has 30 heavy (non-hydrogen) atoms. The van der Waals surface area contributed by atoms with Crippen LogP contribution in [-0.4, -0.2) is 0 Å². The van der Waals surface area contributed by atoms with Crippen LogP contribution in [0.2, 0.25) is 0 Å². The summed E-state index contributed by atoms with van der Waals surface area (Å²) in [5.74, 6) is -0.388. The molecule has 1 heterocycles. The molecular weight excluding hydrogens is 362 g/mol. The van der Waals surface area contributed by atoms with Crippen molar-refractivity contribution in [3.05, 3.63) is 77.0 Å². The third kappa shape index (κ3) is 5.19. The molecule has 158 valence electrons. The molecule has 2 aromatic carbocycles. The lowest BCUT2D eigenvalue weighted by molar-refractivity contribution is -0.660. The number of pyridine rings is 1. The summed E-state index contributed by atoms with van der Waals surface area (Å²) in [6.07, 6.45) is -1.88. The van der Waals surface area contributed by atoms with E-state index in [1.807, 2.05) is 75.7 Å². The highest BCUT2D eigenvalue weighted by atomic mass is 14.9. The first-order chi connectivity index (χ1) is 16.8. The highest BCUT2D eigenvalue weighted by Crippen LogP contribution is 2.32. The Morgan fingerprint density at radius 2 is 1.67 bits per heavy atom. The van der Waals surface area contributed by atoms with E-state index < -0.39 is 25.0 Å². The van der Waals surface area contributed by atoms with Crippen molar-refractivity contribution in [2.75, 3.05) is 0 Å². The number of benzene rings is 2. The molecule has 0 N–H and O–H groups in total. The van der Waals surface area contributed by atoms with Gasteiger partial charge in [0.2, 0.25) is 5.69 Å². The van der Waals surface area contributed by atoms with Crippen molar-refractivity contribution < 1.29 is 14.2 Å². The van der Waals surface area contributed by atoms with E-state index in [0.29, 0.717) is 22.4 Å². The van der Waals surface area contributed by atoms with E-state index in [4.69, 9.17) is 9.60 Å². The molecule has 0 saturated heterocycles. The third-order valence-corrected chi connectivity index (χ3v) is 4.95. The van der Waals surface area contributed by atoms with Crippen molar-refractivity contribution in [3.8, 4) is 22.4 Å². The molecular formula is C29H38N+. The van der Waals surface area contributed by atoms with Crippen LogP contribution in [0.4, 0.5) is 0 Å². The van der Waals surface area contributed by atoms with Gasteiger partial charge in [0, 0.05) is 26.8 Å². The Morgan fingerprint density at radius 3 is 2.27 bits per heavy atom.